The molecule has 27 heavy (non-hydrogen) atoms. The lowest BCUT2D eigenvalue weighted by Gasteiger charge is -2.07. The molecule has 0 spiro atoms. The normalized spacial score (nSPS) is 11.1. The van der Waals surface area contributed by atoms with Crippen LogP contribution in [0.2, 0.25) is 5.02 Å². The standard InChI is InChI=1S/C18H10ClF3N4O/c19-9-1-2-11(20)12(7-9)25-16-10-3-4-24-15(17(10)27-18(16)23)8-5-13(21)26-14(22)6-8/h1-7,25H,23H2. The number of nitrogens with two attached hydrogens (primary N) is 1. The predicted molar refractivity (Wildman–Crippen MR) is 96.3 cm³/mol. The van der Waals surface area contributed by atoms with E-state index in [9.17, 15) is 13.2 Å². The summed E-state index contributed by atoms with van der Waals surface area (Å²) in [5.74, 6) is -2.58. The molecule has 0 bridgehead atoms. The average molecular weight is 391 g/mol. The Balaban J connectivity index is 1.87. The molecule has 4 rings (SSSR count). The summed E-state index contributed by atoms with van der Waals surface area (Å²) < 4.78 is 46.5. The quantitative estimate of drug-likeness (QED) is 0.465. The van der Waals surface area contributed by atoms with Crippen LogP contribution in [0, 0.1) is 17.7 Å². The first kappa shape index (κ1) is 17.2. The summed E-state index contributed by atoms with van der Waals surface area (Å²) in [4.78, 5) is 7.17. The Morgan fingerprint density at radius 2 is 1.78 bits per heavy atom. The number of furan rings is 1. The number of aromatic nitrogens is 2. The molecular formula is C18H10ClF3N4O. The Morgan fingerprint density at radius 3 is 2.52 bits per heavy atom. The molecule has 0 amide bonds. The zero-order valence-corrected chi connectivity index (χ0v) is 14.2. The van der Waals surface area contributed by atoms with Gasteiger partial charge in [-0.1, -0.05) is 11.6 Å². The molecule has 0 aliphatic carbocycles. The molecule has 5 nitrogen and oxygen atoms in total. The third-order valence-corrected chi connectivity index (χ3v) is 4.09. The van der Waals surface area contributed by atoms with Crippen LogP contribution in [0.15, 0.2) is 47.0 Å². The van der Waals surface area contributed by atoms with Crippen molar-refractivity contribution in [3.05, 3.63) is 65.3 Å². The maximum absolute atomic E-state index is 14.0. The first-order valence-electron chi connectivity index (χ1n) is 7.65. The van der Waals surface area contributed by atoms with Gasteiger partial charge < -0.3 is 15.5 Å². The minimum atomic E-state index is -0.998. The molecule has 0 radical (unpaired) electrons. The summed E-state index contributed by atoms with van der Waals surface area (Å²) in [6.07, 6.45) is 1.42. The highest BCUT2D eigenvalue weighted by atomic mass is 35.5. The smallest absolute Gasteiger partial charge is 0.216 e. The van der Waals surface area contributed by atoms with Crippen LogP contribution in [0.25, 0.3) is 22.2 Å². The van der Waals surface area contributed by atoms with Crippen molar-refractivity contribution < 1.29 is 17.6 Å². The zero-order chi connectivity index (χ0) is 19.1. The van der Waals surface area contributed by atoms with Gasteiger partial charge >= 0.3 is 0 Å². The van der Waals surface area contributed by atoms with Crippen LogP contribution in [0.4, 0.5) is 30.4 Å². The van der Waals surface area contributed by atoms with E-state index in [0.29, 0.717) is 10.4 Å². The first-order valence-corrected chi connectivity index (χ1v) is 8.02. The maximum atomic E-state index is 14.0. The predicted octanol–water partition coefficient (Wildman–Crippen LogP) is 5.29. The van der Waals surface area contributed by atoms with E-state index in [-0.39, 0.29) is 34.1 Å². The molecule has 0 aliphatic rings. The molecule has 4 aromatic rings. The monoisotopic (exact) mass is 390 g/mol. The number of hydrogen-bond acceptors (Lipinski definition) is 5. The van der Waals surface area contributed by atoms with Gasteiger partial charge in [0.05, 0.1) is 11.1 Å². The summed E-state index contributed by atoms with van der Waals surface area (Å²) in [5, 5.41) is 3.62. The number of benzene rings is 1. The van der Waals surface area contributed by atoms with Crippen LogP contribution in [0.3, 0.4) is 0 Å². The third-order valence-electron chi connectivity index (χ3n) is 3.86. The van der Waals surface area contributed by atoms with Crippen molar-refractivity contribution >= 4 is 39.8 Å². The highest BCUT2D eigenvalue weighted by Gasteiger charge is 2.19. The van der Waals surface area contributed by atoms with Crippen molar-refractivity contribution in [2.75, 3.05) is 11.1 Å². The van der Waals surface area contributed by atoms with Gasteiger partial charge in [-0.25, -0.2) is 4.39 Å². The van der Waals surface area contributed by atoms with Crippen molar-refractivity contribution in [1.82, 2.24) is 9.97 Å². The second-order valence-corrected chi connectivity index (χ2v) is 6.06. The van der Waals surface area contributed by atoms with Gasteiger partial charge in [0.15, 0.2) is 5.58 Å². The molecule has 3 N–H and O–H groups in total. The average Bonchev–Trinajstić information content (AvgIpc) is 2.93. The molecule has 136 valence electrons. The Kier molecular flexibility index (Phi) is 4.12. The minimum absolute atomic E-state index is 0.0476. The van der Waals surface area contributed by atoms with Crippen LogP contribution >= 0.6 is 11.6 Å². The Bertz CT molecular complexity index is 1160. The van der Waals surface area contributed by atoms with E-state index < -0.39 is 17.7 Å². The summed E-state index contributed by atoms with van der Waals surface area (Å²) in [7, 11) is 0. The molecule has 0 aliphatic heterocycles. The van der Waals surface area contributed by atoms with Gasteiger partial charge in [-0.05, 0) is 24.3 Å². The second kappa shape index (κ2) is 6.48. The minimum Gasteiger partial charge on any atom is -0.436 e. The summed E-state index contributed by atoms with van der Waals surface area (Å²) >= 11 is 5.90. The van der Waals surface area contributed by atoms with E-state index in [0.717, 1.165) is 12.1 Å². The fraction of sp³-hybridized carbons (Fsp3) is 0. The number of nitrogens with zero attached hydrogens (tertiary/aromatic N) is 2. The number of halogens is 4. The number of nitrogen functional groups attached to an aromatic ring is 1. The Morgan fingerprint density at radius 1 is 1.04 bits per heavy atom. The van der Waals surface area contributed by atoms with E-state index in [1.54, 1.807) is 6.07 Å². The second-order valence-electron chi connectivity index (χ2n) is 5.63. The van der Waals surface area contributed by atoms with E-state index in [1.807, 2.05) is 0 Å². The maximum Gasteiger partial charge on any atom is 0.216 e. The summed E-state index contributed by atoms with van der Waals surface area (Å²) in [5.41, 5.74) is 6.77. The number of pyridine rings is 2. The highest BCUT2D eigenvalue weighted by molar-refractivity contribution is 6.30. The lowest BCUT2D eigenvalue weighted by atomic mass is 10.1. The van der Waals surface area contributed by atoms with Crippen LogP contribution in [0.5, 0.6) is 0 Å². The van der Waals surface area contributed by atoms with Crippen molar-refractivity contribution in [3.8, 4) is 11.3 Å². The van der Waals surface area contributed by atoms with Crippen LogP contribution in [-0.2, 0) is 0 Å². The van der Waals surface area contributed by atoms with Crippen molar-refractivity contribution in [1.29, 1.82) is 0 Å². The van der Waals surface area contributed by atoms with Crippen molar-refractivity contribution in [3.63, 3.8) is 0 Å². The topological polar surface area (TPSA) is 77.0 Å². The van der Waals surface area contributed by atoms with Gasteiger partial charge in [0.25, 0.3) is 0 Å². The molecular weight excluding hydrogens is 381 g/mol. The zero-order valence-electron chi connectivity index (χ0n) is 13.4. The Hall–Kier alpha value is -3.26. The largest absolute Gasteiger partial charge is 0.436 e. The van der Waals surface area contributed by atoms with Gasteiger partial charge in [0, 0.05) is 28.9 Å². The molecule has 1 aromatic carbocycles. The molecule has 0 fully saturated rings. The summed E-state index contributed by atoms with van der Waals surface area (Å²) in [6.45, 7) is 0. The van der Waals surface area contributed by atoms with Crippen LogP contribution in [-0.4, -0.2) is 9.97 Å². The number of anilines is 3. The first-order chi connectivity index (χ1) is 12.9. The SMILES string of the molecule is Nc1oc2c(-c3cc(F)nc(F)c3)nccc2c1Nc1cc(Cl)ccc1F. The van der Waals surface area contributed by atoms with Crippen LogP contribution in [0.1, 0.15) is 0 Å². The van der Waals surface area contributed by atoms with Gasteiger partial charge in [-0.3, -0.25) is 4.98 Å². The molecule has 3 heterocycles. The lowest BCUT2D eigenvalue weighted by Crippen LogP contribution is -1.96. The van der Waals surface area contributed by atoms with Gasteiger partial charge in [0.1, 0.15) is 17.2 Å². The molecule has 0 saturated carbocycles. The summed E-state index contributed by atoms with van der Waals surface area (Å²) in [6, 6.07) is 7.63. The van der Waals surface area contributed by atoms with Crippen LogP contribution < -0.4 is 11.1 Å². The van der Waals surface area contributed by atoms with Gasteiger partial charge in [-0.15, -0.1) is 0 Å². The molecule has 0 saturated heterocycles. The molecule has 0 unspecified atom stereocenters. The number of fused-ring (bicyclic) bond motifs is 1. The van der Waals surface area contributed by atoms with Gasteiger partial charge in [-0.2, -0.15) is 13.8 Å². The van der Waals surface area contributed by atoms with Gasteiger partial charge in [0.2, 0.25) is 17.8 Å². The third kappa shape index (κ3) is 3.15. The van der Waals surface area contributed by atoms with E-state index in [1.165, 1.54) is 24.4 Å². The molecule has 9 heteroatoms. The number of hydrogen-bond donors (Lipinski definition) is 2. The fourth-order valence-electron chi connectivity index (χ4n) is 2.71. The molecule has 3 aromatic heterocycles. The van der Waals surface area contributed by atoms with Crippen molar-refractivity contribution in [2.45, 2.75) is 0 Å². The number of rotatable bonds is 3. The van der Waals surface area contributed by atoms with E-state index in [2.05, 4.69) is 15.3 Å². The lowest BCUT2D eigenvalue weighted by molar-refractivity contribution is 0.513. The van der Waals surface area contributed by atoms with Crippen molar-refractivity contribution in [2.24, 2.45) is 0 Å². The molecule has 0 atom stereocenters. The van der Waals surface area contributed by atoms with E-state index >= 15 is 0 Å². The fourth-order valence-corrected chi connectivity index (χ4v) is 2.88. The van der Waals surface area contributed by atoms with E-state index in [4.69, 9.17) is 21.8 Å². The highest BCUT2D eigenvalue weighted by Crippen LogP contribution is 2.39. The number of nitrogens with one attached hydrogen (secondary N) is 1. The Labute approximate surface area is 155 Å².